The third-order valence-corrected chi connectivity index (χ3v) is 11.4. The summed E-state index contributed by atoms with van der Waals surface area (Å²) >= 11 is 0. The maximum absolute atomic E-state index is 11.2. The summed E-state index contributed by atoms with van der Waals surface area (Å²) in [4.78, 5) is 3.82. The van der Waals surface area contributed by atoms with Crippen LogP contribution in [0, 0.1) is 17.9 Å². The van der Waals surface area contributed by atoms with Gasteiger partial charge in [0.25, 0.3) is 0 Å². The van der Waals surface area contributed by atoms with Crippen molar-refractivity contribution < 1.29 is 8.83 Å². The Balaban J connectivity index is 1.27. The molecule has 258 valence electrons. The zero-order valence-electron chi connectivity index (χ0n) is 29.6. The van der Waals surface area contributed by atoms with E-state index in [0.29, 0.717) is 16.9 Å². The lowest BCUT2D eigenvalue weighted by Gasteiger charge is -2.19. The first-order valence-electron chi connectivity index (χ1n) is 18.4. The van der Waals surface area contributed by atoms with Crippen molar-refractivity contribution in [1.82, 2.24) is 9.13 Å². The molecule has 0 radical (unpaired) electrons. The predicted octanol–water partition coefficient (Wildman–Crippen LogP) is 13.8. The Morgan fingerprint density at radius 1 is 0.482 bits per heavy atom. The molecule has 12 aromatic rings. The quantitative estimate of drug-likeness (QED) is 0.171. The van der Waals surface area contributed by atoms with Crippen LogP contribution in [-0.4, -0.2) is 9.13 Å². The van der Waals surface area contributed by atoms with Crippen molar-refractivity contribution >= 4 is 93.2 Å². The van der Waals surface area contributed by atoms with E-state index >= 15 is 0 Å². The van der Waals surface area contributed by atoms with E-state index in [1.165, 1.54) is 0 Å². The van der Waals surface area contributed by atoms with Crippen LogP contribution in [0.1, 0.15) is 5.56 Å². The zero-order chi connectivity index (χ0) is 37.1. The van der Waals surface area contributed by atoms with Gasteiger partial charge in [-0.05, 0) is 60.2 Å². The number of nitrogens with zero attached hydrogens (tertiary/aromatic N) is 4. The van der Waals surface area contributed by atoms with E-state index in [9.17, 15) is 5.26 Å². The summed E-state index contributed by atoms with van der Waals surface area (Å²) in [5, 5.41) is 19.5. The summed E-state index contributed by atoms with van der Waals surface area (Å²) in [6, 6.07) is 55.9. The van der Waals surface area contributed by atoms with Gasteiger partial charge in [-0.2, -0.15) is 5.26 Å². The Morgan fingerprint density at radius 3 is 1.57 bits per heavy atom. The molecule has 0 aliphatic rings. The van der Waals surface area contributed by atoms with Gasteiger partial charge in [0.05, 0.1) is 45.6 Å². The highest BCUT2D eigenvalue weighted by Gasteiger charge is 2.25. The van der Waals surface area contributed by atoms with Gasteiger partial charge >= 0.3 is 0 Å². The molecule has 0 fully saturated rings. The van der Waals surface area contributed by atoms with E-state index in [1.54, 1.807) is 0 Å². The fourth-order valence-corrected chi connectivity index (χ4v) is 8.97. The van der Waals surface area contributed by atoms with Gasteiger partial charge in [-0.25, -0.2) is 4.85 Å². The molecule has 0 unspecified atom stereocenters. The van der Waals surface area contributed by atoms with E-state index in [-0.39, 0.29) is 0 Å². The Morgan fingerprint density at radius 2 is 1.00 bits per heavy atom. The summed E-state index contributed by atoms with van der Waals surface area (Å²) in [5.74, 6) is 0. The van der Waals surface area contributed by atoms with Crippen LogP contribution in [0.15, 0.2) is 167 Å². The molecule has 4 heterocycles. The second-order valence-electron chi connectivity index (χ2n) is 14.2. The number of hydrogen-bond acceptors (Lipinski definition) is 3. The summed E-state index contributed by atoms with van der Waals surface area (Å²) < 4.78 is 17.8. The van der Waals surface area contributed by atoms with E-state index in [2.05, 4.69) is 92.8 Å². The number of furan rings is 2. The van der Waals surface area contributed by atoms with Crippen molar-refractivity contribution in [3.8, 4) is 28.6 Å². The largest absolute Gasteiger partial charge is 0.454 e. The molecule has 8 aromatic carbocycles. The number of rotatable bonds is 3. The van der Waals surface area contributed by atoms with Crippen molar-refractivity contribution in [2.45, 2.75) is 0 Å². The number of para-hydroxylation sites is 4. The first kappa shape index (κ1) is 30.4. The summed E-state index contributed by atoms with van der Waals surface area (Å²) in [7, 11) is 0. The van der Waals surface area contributed by atoms with E-state index in [4.69, 9.17) is 15.4 Å². The highest BCUT2D eigenvalue weighted by molar-refractivity contribution is 6.23. The fourth-order valence-electron chi connectivity index (χ4n) is 8.97. The second-order valence-corrected chi connectivity index (χ2v) is 14.2. The van der Waals surface area contributed by atoms with Gasteiger partial charge in [-0.3, -0.25) is 0 Å². The van der Waals surface area contributed by atoms with Crippen LogP contribution in [0.2, 0.25) is 0 Å². The molecule has 0 saturated heterocycles. The van der Waals surface area contributed by atoms with Gasteiger partial charge < -0.3 is 18.0 Å². The number of aromatic nitrogens is 2. The lowest BCUT2D eigenvalue weighted by atomic mass is 9.98. The van der Waals surface area contributed by atoms with Gasteiger partial charge in [-0.15, -0.1) is 0 Å². The Labute approximate surface area is 318 Å². The molecule has 6 heteroatoms. The molecule has 0 spiro atoms. The summed E-state index contributed by atoms with van der Waals surface area (Å²) in [6.07, 6.45) is 0. The van der Waals surface area contributed by atoms with Crippen molar-refractivity contribution in [2.75, 3.05) is 0 Å². The number of nitriles is 1. The maximum Gasteiger partial charge on any atom is 0.187 e. The number of benzene rings is 8. The normalized spacial score (nSPS) is 11.9. The molecule has 0 aliphatic carbocycles. The topological polar surface area (TPSA) is 64.3 Å². The predicted molar refractivity (Wildman–Crippen MR) is 226 cm³/mol. The fraction of sp³-hybridized carbons (Fsp3) is 0. The Bertz CT molecular complexity index is 3750. The lowest BCUT2D eigenvalue weighted by Crippen LogP contribution is -2.04. The molecular weight excluding hydrogens is 689 g/mol. The van der Waals surface area contributed by atoms with Crippen LogP contribution < -0.4 is 0 Å². The Hall–Kier alpha value is -8.06. The average Bonchev–Trinajstić information content (AvgIpc) is 4.01. The van der Waals surface area contributed by atoms with Crippen LogP contribution in [0.3, 0.4) is 0 Å². The molecule has 12 rings (SSSR count). The van der Waals surface area contributed by atoms with Crippen LogP contribution in [0.5, 0.6) is 0 Å². The van der Waals surface area contributed by atoms with Crippen LogP contribution in [0.4, 0.5) is 5.69 Å². The first-order valence-corrected chi connectivity index (χ1v) is 18.4. The first-order chi connectivity index (χ1) is 27.7. The van der Waals surface area contributed by atoms with Crippen LogP contribution >= 0.6 is 0 Å². The molecular formula is C50H26N4O2. The molecule has 6 nitrogen and oxygen atoms in total. The number of hydrogen-bond donors (Lipinski definition) is 0. The maximum atomic E-state index is 11.2. The van der Waals surface area contributed by atoms with Crippen molar-refractivity contribution in [3.05, 3.63) is 175 Å². The van der Waals surface area contributed by atoms with E-state index in [0.717, 1.165) is 104 Å². The molecule has 0 aliphatic heterocycles. The van der Waals surface area contributed by atoms with Crippen LogP contribution in [-0.2, 0) is 0 Å². The van der Waals surface area contributed by atoms with E-state index < -0.39 is 0 Å². The smallest absolute Gasteiger partial charge is 0.187 e. The van der Waals surface area contributed by atoms with Crippen molar-refractivity contribution in [1.29, 1.82) is 5.26 Å². The van der Waals surface area contributed by atoms with Gasteiger partial charge in [0.1, 0.15) is 17.2 Å². The Kier molecular flexibility index (Phi) is 6.10. The standard InChI is InChI=1S/C50H26N4O2/c1-52-31-12-10-11-29(25-31)40-27-43(53-41-17-6-2-13-32(41)36-21-23-38-34-15-4-8-19-45(34)55-49(38)47(36)53)30(28-51)26-44(40)54-42-18-7-3-14-33(42)37-22-24-39-35-16-5-9-20-46(35)56-50(39)48(37)54/h2-27H. The minimum absolute atomic E-state index is 0.489. The summed E-state index contributed by atoms with van der Waals surface area (Å²) in [5.41, 5.74) is 11.2. The van der Waals surface area contributed by atoms with Gasteiger partial charge in [0.15, 0.2) is 16.9 Å². The van der Waals surface area contributed by atoms with Gasteiger partial charge in [0.2, 0.25) is 0 Å². The second kappa shape index (κ2) is 11.2. The highest BCUT2D eigenvalue weighted by Crippen LogP contribution is 2.45. The minimum atomic E-state index is 0.489. The van der Waals surface area contributed by atoms with Gasteiger partial charge in [0, 0.05) is 48.7 Å². The molecule has 0 amide bonds. The molecule has 0 saturated carbocycles. The molecule has 0 N–H and O–H groups in total. The molecule has 0 atom stereocenters. The third kappa shape index (κ3) is 4.02. The number of fused-ring (bicyclic) bond motifs is 14. The summed E-state index contributed by atoms with van der Waals surface area (Å²) in [6.45, 7) is 7.93. The highest BCUT2D eigenvalue weighted by atomic mass is 16.3. The van der Waals surface area contributed by atoms with Crippen molar-refractivity contribution in [3.63, 3.8) is 0 Å². The molecule has 4 aromatic heterocycles. The minimum Gasteiger partial charge on any atom is -0.454 e. The van der Waals surface area contributed by atoms with E-state index in [1.807, 2.05) is 84.9 Å². The zero-order valence-corrected chi connectivity index (χ0v) is 29.6. The molecule has 56 heavy (non-hydrogen) atoms. The van der Waals surface area contributed by atoms with Gasteiger partial charge in [-0.1, -0.05) is 103 Å². The molecule has 0 bridgehead atoms. The monoisotopic (exact) mass is 714 g/mol. The van der Waals surface area contributed by atoms with Crippen LogP contribution in [0.25, 0.3) is 115 Å². The third-order valence-electron chi connectivity index (χ3n) is 11.4. The average molecular weight is 715 g/mol. The van der Waals surface area contributed by atoms with Crippen molar-refractivity contribution in [2.24, 2.45) is 0 Å². The lowest BCUT2D eigenvalue weighted by molar-refractivity contribution is 0.670. The SMILES string of the molecule is [C-]#[N+]c1cccc(-c2cc(-n3c4ccccc4c4ccc5c6ccccc6oc5c43)c(C#N)cc2-n2c3ccccc3c3ccc4c5ccccc5oc4c32)c1.